The van der Waals surface area contributed by atoms with Gasteiger partial charge in [0.2, 0.25) is 0 Å². The number of likely N-dealkylation sites (N-methyl/N-ethyl adjacent to an activating group) is 1. The first kappa shape index (κ1) is 15.5. The minimum Gasteiger partial charge on any atom is -0.496 e. The van der Waals surface area contributed by atoms with Gasteiger partial charge in [-0.25, -0.2) is 0 Å². The van der Waals surface area contributed by atoms with Gasteiger partial charge in [-0.05, 0) is 42.6 Å². The molecule has 112 valence electrons. The Bertz CT molecular complexity index is 569. The van der Waals surface area contributed by atoms with Crippen LogP contribution in [-0.2, 0) is 12.8 Å². The van der Waals surface area contributed by atoms with Gasteiger partial charge in [-0.3, -0.25) is 4.98 Å². The fourth-order valence-electron chi connectivity index (χ4n) is 2.67. The summed E-state index contributed by atoms with van der Waals surface area (Å²) in [5, 5.41) is 3.56. The lowest BCUT2D eigenvalue weighted by molar-refractivity contribution is 0.405. The zero-order chi connectivity index (χ0) is 15.1. The molecule has 0 spiro atoms. The van der Waals surface area contributed by atoms with Gasteiger partial charge in [-0.1, -0.05) is 38.1 Å². The molecule has 0 aliphatic heterocycles. The second-order valence-electron chi connectivity index (χ2n) is 5.03. The number of benzene rings is 1. The van der Waals surface area contributed by atoms with Gasteiger partial charge >= 0.3 is 0 Å². The number of pyridine rings is 1. The molecule has 1 heterocycles. The molecule has 0 fully saturated rings. The van der Waals surface area contributed by atoms with Gasteiger partial charge in [-0.15, -0.1) is 0 Å². The number of ether oxygens (including phenoxy) is 1. The highest BCUT2D eigenvalue weighted by atomic mass is 16.5. The Morgan fingerprint density at radius 2 is 1.86 bits per heavy atom. The molecule has 1 unspecified atom stereocenters. The molecular weight excluding hydrogens is 260 g/mol. The molecule has 21 heavy (non-hydrogen) atoms. The zero-order valence-corrected chi connectivity index (χ0v) is 13.1. The molecule has 0 aliphatic rings. The second kappa shape index (κ2) is 7.79. The number of nitrogens with zero attached hydrogens (tertiary/aromatic N) is 1. The molecule has 0 bridgehead atoms. The van der Waals surface area contributed by atoms with Crippen LogP contribution >= 0.6 is 0 Å². The molecule has 0 saturated heterocycles. The second-order valence-corrected chi connectivity index (χ2v) is 5.03. The Morgan fingerprint density at radius 3 is 2.57 bits per heavy atom. The molecular formula is C18H24N2O. The van der Waals surface area contributed by atoms with Gasteiger partial charge in [0.05, 0.1) is 18.8 Å². The van der Waals surface area contributed by atoms with E-state index in [0.717, 1.165) is 30.8 Å². The fraction of sp³-hybridized carbons (Fsp3) is 0.389. The van der Waals surface area contributed by atoms with Crippen LogP contribution < -0.4 is 10.1 Å². The van der Waals surface area contributed by atoms with Crippen LogP contribution in [0.3, 0.4) is 0 Å². The zero-order valence-electron chi connectivity index (χ0n) is 13.1. The van der Waals surface area contributed by atoms with Gasteiger partial charge in [0.15, 0.2) is 0 Å². The van der Waals surface area contributed by atoms with Gasteiger partial charge in [0, 0.05) is 6.20 Å². The van der Waals surface area contributed by atoms with Crippen molar-refractivity contribution in [2.75, 3.05) is 13.7 Å². The number of rotatable bonds is 7. The minimum absolute atomic E-state index is 0.211. The van der Waals surface area contributed by atoms with Crippen LogP contribution in [-0.4, -0.2) is 18.6 Å². The molecule has 3 nitrogen and oxygen atoms in total. The highest BCUT2D eigenvalue weighted by Gasteiger charge is 2.17. The molecule has 3 heteroatoms. The average molecular weight is 284 g/mol. The summed E-state index contributed by atoms with van der Waals surface area (Å²) in [5.41, 5.74) is 3.66. The molecule has 0 saturated carbocycles. The minimum atomic E-state index is 0.211. The maximum Gasteiger partial charge on any atom is 0.122 e. The first-order chi connectivity index (χ1) is 10.3. The SMILES string of the molecule is CCNC(Cc1ccccc1OC)c1ncccc1CC. The van der Waals surface area contributed by atoms with Crippen molar-refractivity contribution >= 4 is 0 Å². The standard InChI is InChI=1S/C18H24N2O/c1-4-14-10-8-12-20-18(14)16(19-5-2)13-15-9-6-7-11-17(15)21-3/h6-12,16,19H,4-5,13H2,1-3H3. The lowest BCUT2D eigenvalue weighted by Crippen LogP contribution is -2.25. The number of methoxy groups -OCH3 is 1. The molecule has 2 rings (SSSR count). The molecule has 1 aromatic carbocycles. The van der Waals surface area contributed by atoms with E-state index in [0.29, 0.717) is 0 Å². The summed E-state index contributed by atoms with van der Waals surface area (Å²) in [6, 6.07) is 12.6. The smallest absolute Gasteiger partial charge is 0.122 e. The summed E-state index contributed by atoms with van der Waals surface area (Å²) >= 11 is 0. The summed E-state index contributed by atoms with van der Waals surface area (Å²) in [4.78, 5) is 4.62. The third kappa shape index (κ3) is 3.82. The summed E-state index contributed by atoms with van der Waals surface area (Å²) in [6.45, 7) is 5.22. The van der Waals surface area contributed by atoms with E-state index in [1.165, 1.54) is 11.1 Å². The molecule has 0 aliphatic carbocycles. The van der Waals surface area contributed by atoms with Crippen LogP contribution in [0.25, 0.3) is 0 Å². The van der Waals surface area contributed by atoms with Crippen molar-refractivity contribution in [3.63, 3.8) is 0 Å². The highest BCUT2D eigenvalue weighted by Crippen LogP contribution is 2.25. The number of hydrogen-bond donors (Lipinski definition) is 1. The fourth-order valence-corrected chi connectivity index (χ4v) is 2.67. The van der Waals surface area contributed by atoms with E-state index >= 15 is 0 Å². The van der Waals surface area contributed by atoms with Crippen molar-refractivity contribution < 1.29 is 4.74 Å². The number of para-hydroxylation sites is 1. The van der Waals surface area contributed by atoms with Crippen LogP contribution in [0.4, 0.5) is 0 Å². The van der Waals surface area contributed by atoms with Crippen molar-refractivity contribution in [3.8, 4) is 5.75 Å². The predicted octanol–water partition coefficient (Wildman–Crippen LogP) is 3.55. The lowest BCUT2D eigenvalue weighted by Gasteiger charge is -2.21. The maximum atomic E-state index is 5.47. The van der Waals surface area contributed by atoms with E-state index < -0.39 is 0 Å². The Hall–Kier alpha value is -1.87. The van der Waals surface area contributed by atoms with E-state index in [2.05, 4.69) is 42.3 Å². The lowest BCUT2D eigenvalue weighted by atomic mass is 9.97. The molecule has 0 radical (unpaired) electrons. The summed E-state index contributed by atoms with van der Waals surface area (Å²) in [6.07, 6.45) is 3.75. The van der Waals surface area contributed by atoms with Crippen molar-refractivity contribution in [1.82, 2.24) is 10.3 Å². The quantitative estimate of drug-likeness (QED) is 0.844. The average Bonchev–Trinajstić information content (AvgIpc) is 2.55. The van der Waals surface area contributed by atoms with E-state index in [1.54, 1.807) is 7.11 Å². The summed E-state index contributed by atoms with van der Waals surface area (Å²) in [7, 11) is 1.72. The molecule has 2 aromatic rings. The molecule has 0 amide bonds. The summed E-state index contributed by atoms with van der Waals surface area (Å²) in [5.74, 6) is 0.939. The van der Waals surface area contributed by atoms with Crippen LogP contribution in [0, 0.1) is 0 Å². The maximum absolute atomic E-state index is 5.47. The predicted molar refractivity (Wildman–Crippen MR) is 86.7 cm³/mol. The number of aryl methyl sites for hydroxylation is 1. The van der Waals surface area contributed by atoms with Crippen LogP contribution in [0.1, 0.15) is 36.7 Å². The van der Waals surface area contributed by atoms with Crippen molar-refractivity contribution in [2.24, 2.45) is 0 Å². The van der Waals surface area contributed by atoms with E-state index in [1.807, 2.05) is 24.4 Å². The third-order valence-corrected chi connectivity index (χ3v) is 3.70. The van der Waals surface area contributed by atoms with Crippen LogP contribution in [0.5, 0.6) is 5.75 Å². The monoisotopic (exact) mass is 284 g/mol. The molecule has 1 aromatic heterocycles. The van der Waals surface area contributed by atoms with Gasteiger partial charge in [0.1, 0.15) is 5.75 Å². The highest BCUT2D eigenvalue weighted by molar-refractivity contribution is 5.35. The number of nitrogens with one attached hydrogen (secondary N) is 1. The third-order valence-electron chi connectivity index (χ3n) is 3.70. The Labute approximate surface area is 127 Å². The van der Waals surface area contributed by atoms with Crippen LogP contribution in [0.15, 0.2) is 42.6 Å². The summed E-state index contributed by atoms with van der Waals surface area (Å²) < 4.78 is 5.47. The largest absolute Gasteiger partial charge is 0.496 e. The van der Waals surface area contributed by atoms with Crippen LogP contribution in [0.2, 0.25) is 0 Å². The van der Waals surface area contributed by atoms with E-state index in [9.17, 15) is 0 Å². The topological polar surface area (TPSA) is 34.1 Å². The molecule has 1 N–H and O–H groups in total. The Kier molecular flexibility index (Phi) is 5.76. The number of aromatic nitrogens is 1. The van der Waals surface area contributed by atoms with Gasteiger partial charge in [-0.2, -0.15) is 0 Å². The first-order valence-corrected chi connectivity index (χ1v) is 7.59. The first-order valence-electron chi connectivity index (χ1n) is 7.59. The Morgan fingerprint density at radius 1 is 1.10 bits per heavy atom. The molecule has 1 atom stereocenters. The van der Waals surface area contributed by atoms with Gasteiger partial charge < -0.3 is 10.1 Å². The Balaban J connectivity index is 2.31. The van der Waals surface area contributed by atoms with Crippen molar-refractivity contribution in [1.29, 1.82) is 0 Å². The van der Waals surface area contributed by atoms with E-state index in [4.69, 9.17) is 4.74 Å². The normalized spacial score (nSPS) is 12.1. The van der Waals surface area contributed by atoms with Crippen molar-refractivity contribution in [3.05, 3.63) is 59.4 Å². The van der Waals surface area contributed by atoms with Crippen molar-refractivity contribution in [2.45, 2.75) is 32.7 Å². The van der Waals surface area contributed by atoms with Gasteiger partial charge in [0.25, 0.3) is 0 Å². The number of hydrogen-bond acceptors (Lipinski definition) is 3. The van der Waals surface area contributed by atoms with E-state index in [-0.39, 0.29) is 6.04 Å².